The van der Waals surface area contributed by atoms with Crippen LogP contribution in [0, 0.1) is 5.92 Å². The van der Waals surface area contributed by atoms with Gasteiger partial charge >= 0.3 is 0 Å². The largest absolute Gasteiger partial charge is 0.480 e. The van der Waals surface area contributed by atoms with Gasteiger partial charge in [0.2, 0.25) is 0 Å². The first-order chi connectivity index (χ1) is 13.6. The Kier molecular flexibility index (Phi) is 3.83. The third-order valence-corrected chi connectivity index (χ3v) is 8.41. The highest BCUT2D eigenvalue weighted by Crippen LogP contribution is 2.64. The van der Waals surface area contributed by atoms with Crippen LogP contribution >= 0.6 is 0 Å². The number of primary amides is 1. The van der Waals surface area contributed by atoms with E-state index in [9.17, 15) is 14.7 Å². The van der Waals surface area contributed by atoms with Gasteiger partial charge in [-0.2, -0.15) is 0 Å². The molecule has 1 saturated heterocycles. The first-order valence-electron chi connectivity index (χ1n) is 10.9. The Balaban J connectivity index is 1.72. The molecule has 1 saturated carbocycles. The van der Waals surface area contributed by atoms with E-state index in [1.165, 1.54) is 0 Å². The molecule has 2 aliphatic carbocycles. The van der Waals surface area contributed by atoms with Crippen LogP contribution in [0.5, 0.6) is 5.75 Å². The van der Waals surface area contributed by atoms with E-state index in [0.29, 0.717) is 36.5 Å². The number of amides is 1. The number of likely N-dealkylation sites (N-methyl/N-ethyl adjacent to an activating group) is 1. The number of rotatable bonds is 4. The zero-order valence-electron chi connectivity index (χ0n) is 17.5. The van der Waals surface area contributed by atoms with Crippen LogP contribution in [0.25, 0.3) is 0 Å². The van der Waals surface area contributed by atoms with E-state index in [2.05, 4.69) is 20.9 Å². The summed E-state index contributed by atoms with van der Waals surface area (Å²) in [6.07, 6.45) is 2.60. The summed E-state index contributed by atoms with van der Waals surface area (Å²) in [4.78, 5) is 25.0. The van der Waals surface area contributed by atoms with Crippen molar-refractivity contribution >= 4 is 11.7 Å². The van der Waals surface area contributed by atoms with E-state index in [0.717, 1.165) is 41.5 Å². The van der Waals surface area contributed by atoms with E-state index in [4.69, 9.17) is 10.5 Å². The van der Waals surface area contributed by atoms with Crippen molar-refractivity contribution in [1.82, 2.24) is 0 Å². The number of ketones is 1. The Morgan fingerprint density at radius 2 is 2.14 bits per heavy atom. The molecule has 1 aromatic rings. The normalized spacial score (nSPS) is 39.3. The van der Waals surface area contributed by atoms with Gasteiger partial charge in [-0.15, -0.1) is 0 Å². The Morgan fingerprint density at radius 3 is 2.83 bits per heavy atom. The van der Waals surface area contributed by atoms with Crippen molar-refractivity contribution in [2.45, 2.75) is 69.1 Å². The molecular formula is C23H31N2O4+. The molecule has 2 bridgehead atoms. The quantitative estimate of drug-likeness (QED) is 0.754. The molecule has 1 aromatic carbocycles. The molecule has 156 valence electrons. The number of hydrogen-bond acceptors (Lipinski definition) is 4. The van der Waals surface area contributed by atoms with E-state index in [-0.39, 0.29) is 11.8 Å². The summed E-state index contributed by atoms with van der Waals surface area (Å²) in [5.74, 6) is 0.535. The minimum atomic E-state index is -1.01. The summed E-state index contributed by atoms with van der Waals surface area (Å²) in [5.41, 5.74) is 6.17. The zero-order valence-corrected chi connectivity index (χ0v) is 17.5. The molecule has 29 heavy (non-hydrogen) atoms. The fraction of sp³-hybridized carbons (Fsp3) is 0.652. The summed E-state index contributed by atoms with van der Waals surface area (Å²) in [6, 6.07) is 3.72. The van der Waals surface area contributed by atoms with Gasteiger partial charge in [0.15, 0.2) is 11.9 Å². The monoisotopic (exact) mass is 399 g/mol. The fourth-order valence-electron chi connectivity index (χ4n) is 6.86. The number of hydrogen-bond donors (Lipinski definition) is 2. The lowest BCUT2D eigenvalue weighted by Crippen LogP contribution is -2.80. The highest BCUT2D eigenvalue weighted by molar-refractivity contribution is 5.98. The molecule has 2 heterocycles. The van der Waals surface area contributed by atoms with Crippen LogP contribution in [-0.4, -0.2) is 59.2 Å². The number of carbonyl (C=O) groups excluding carboxylic acids is 2. The highest BCUT2D eigenvalue weighted by atomic mass is 16.5. The number of nitrogens with two attached hydrogens (primary N) is 1. The topological polar surface area (TPSA) is 89.6 Å². The lowest BCUT2D eigenvalue weighted by Gasteiger charge is -2.64. The Morgan fingerprint density at radius 1 is 1.38 bits per heavy atom. The summed E-state index contributed by atoms with van der Waals surface area (Å²) in [7, 11) is 2.27. The molecule has 0 radical (unpaired) electrons. The third-order valence-electron chi connectivity index (χ3n) is 8.41. The van der Waals surface area contributed by atoms with Crippen LogP contribution in [0.2, 0.25) is 0 Å². The van der Waals surface area contributed by atoms with Crippen molar-refractivity contribution in [1.29, 1.82) is 0 Å². The van der Waals surface area contributed by atoms with Crippen molar-refractivity contribution in [3.63, 3.8) is 0 Å². The van der Waals surface area contributed by atoms with Crippen molar-refractivity contribution in [2.24, 2.45) is 11.7 Å². The summed E-state index contributed by atoms with van der Waals surface area (Å²) < 4.78 is 7.02. The molecular weight excluding hydrogens is 368 g/mol. The van der Waals surface area contributed by atoms with Gasteiger partial charge in [-0.25, -0.2) is 0 Å². The molecule has 1 amide bonds. The van der Waals surface area contributed by atoms with Crippen molar-refractivity contribution in [3.05, 3.63) is 28.8 Å². The average molecular weight is 400 g/mol. The fourth-order valence-corrected chi connectivity index (χ4v) is 6.86. The number of aliphatic hydroxyl groups is 1. The lowest BCUT2D eigenvalue weighted by molar-refractivity contribution is -0.949. The maximum atomic E-state index is 13.0. The predicted molar refractivity (Wildman–Crippen MR) is 108 cm³/mol. The number of benzene rings is 1. The highest BCUT2D eigenvalue weighted by Gasteiger charge is 2.76. The molecule has 3 N–H and O–H groups in total. The average Bonchev–Trinajstić information content (AvgIpc) is 3.02. The van der Waals surface area contributed by atoms with E-state index >= 15 is 0 Å². The molecule has 5 rings (SSSR count). The Bertz CT molecular complexity index is 928. The zero-order chi connectivity index (χ0) is 20.8. The SMILES string of the molecule is CC(C)CC[N+]1(C)CCC23c4c5ccc(C(N)=O)c4OC2C(=O)CCC3(O)C1C5. The van der Waals surface area contributed by atoms with Crippen LogP contribution < -0.4 is 10.5 Å². The Hall–Kier alpha value is -1.92. The smallest absolute Gasteiger partial charge is 0.252 e. The van der Waals surface area contributed by atoms with Crippen LogP contribution in [0.4, 0.5) is 0 Å². The molecule has 1 spiro atoms. The van der Waals surface area contributed by atoms with Gasteiger partial charge in [0.25, 0.3) is 5.91 Å². The van der Waals surface area contributed by atoms with Crippen LogP contribution in [0.15, 0.2) is 12.1 Å². The van der Waals surface area contributed by atoms with Crippen LogP contribution in [0.1, 0.15) is 61.0 Å². The van der Waals surface area contributed by atoms with Crippen molar-refractivity contribution in [2.75, 3.05) is 20.1 Å². The van der Waals surface area contributed by atoms with E-state index < -0.39 is 23.0 Å². The minimum Gasteiger partial charge on any atom is -0.480 e. The molecule has 4 aliphatic rings. The number of nitrogens with zero attached hydrogens (tertiary/aromatic N) is 1. The van der Waals surface area contributed by atoms with Gasteiger partial charge in [-0.3, -0.25) is 9.59 Å². The van der Waals surface area contributed by atoms with Gasteiger partial charge in [0.05, 0.1) is 31.1 Å². The summed E-state index contributed by atoms with van der Waals surface area (Å²) in [6.45, 7) is 6.38. The number of Topliss-reactive ketones (excluding diaryl/α,β-unsaturated/α-hetero) is 1. The molecule has 2 fully saturated rings. The molecule has 6 nitrogen and oxygen atoms in total. The number of ether oxygens (including phenoxy) is 1. The Labute approximate surface area is 171 Å². The minimum absolute atomic E-state index is 0.0204. The van der Waals surface area contributed by atoms with E-state index in [1.807, 2.05) is 6.07 Å². The number of carbonyl (C=O) groups is 2. The van der Waals surface area contributed by atoms with Crippen LogP contribution in [0.3, 0.4) is 0 Å². The molecule has 5 atom stereocenters. The summed E-state index contributed by atoms with van der Waals surface area (Å²) in [5, 5.41) is 12.3. The van der Waals surface area contributed by atoms with Gasteiger partial charge in [0, 0.05) is 24.8 Å². The first kappa shape index (κ1) is 19.1. The second-order valence-corrected chi connectivity index (χ2v) is 10.3. The number of likely N-dealkylation sites (tertiary alicyclic amines) is 1. The molecule has 5 unspecified atom stereocenters. The lowest BCUT2D eigenvalue weighted by atomic mass is 9.48. The first-order valence-corrected chi connectivity index (χ1v) is 10.9. The molecule has 6 heteroatoms. The van der Waals surface area contributed by atoms with Crippen molar-refractivity contribution in [3.8, 4) is 5.75 Å². The predicted octanol–water partition coefficient (Wildman–Crippen LogP) is 1.70. The summed E-state index contributed by atoms with van der Waals surface area (Å²) >= 11 is 0. The number of piperidine rings is 1. The third kappa shape index (κ3) is 2.19. The molecule has 0 aromatic heterocycles. The van der Waals surface area contributed by atoms with Crippen LogP contribution in [-0.2, 0) is 16.6 Å². The second kappa shape index (κ2) is 5.82. The molecule has 2 aliphatic heterocycles. The van der Waals surface area contributed by atoms with Gasteiger partial charge in [-0.05, 0) is 30.4 Å². The van der Waals surface area contributed by atoms with Gasteiger partial charge < -0.3 is 20.1 Å². The van der Waals surface area contributed by atoms with Gasteiger partial charge in [0.1, 0.15) is 17.4 Å². The number of quaternary nitrogens is 1. The second-order valence-electron chi connectivity index (χ2n) is 10.3. The standard InChI is InChI=1S/C23H30N2O4/c1-13(2)7-10-25(3)11-9-22-18-14-4-5-15(21(24)27)19(18)29-20(22)16(26)6-8-23(22,28)17(25)12-14/h4-5,13,17,20,28H,6-12H2,1-3H3,(H-,24,27)/p+1. The van der Waals surface area contributed by atoms with Gasteiger partial charge in [-0.1, -0.05) is 19.9 Å². The van der Waals surface area contributed by atoms with E-state index in [1.54, 1.807) is 6.07 Å². The van der Waals surface area contributed by atoms with Crippen molar-refractivity contribution < 1.29 is 23.9 Å². The maximum absolute atomic E-state index is 13.0. The maximum Gasteiger partial charge on any atom is 0.252 e.